The monoisotopic (exact) mass is 330 g/mol. The van der Waals surface area contributed by atoms with E-state index in [2.05, 4.69) is 10.6 Å². The standard InChI is InChI=1S/C17H22N4O3/c1-17(15(23)19-16(24)20-17)12-7-5-11(6-8-12)14(22)21-9-3-2-4-13(21)10-18/h5-8,13H,2-4,9-10,18H2,1H3,(H2,19,20,23,24). The molecule has 0 spiro atoms. The molecule has 2 fully saturated rings. The molecule has 4 N–H and O–H groups in total. The highest BCUT2D eigenvalue weighted by Crippen LogP contribution is 2.25. The Balaban J connectivity index is 1.80. The number of nitrogens with zero attached hydrogens (tertiary/aromatic N) is 1. The Bertz CT molecular complexity index is 673. The van der Waals surface area contributed by atoms with E-state index in [0.717, 1.165) is 25.8 Å². The van der Waals surface area contributed by atoms with Crippen LogP contribution in [0.25, 0.3) is 0 Å². The Kier molecular flexibility index (Phi) is 4.28. The molecule has 1 aromatic rings. The zero-order valence-corrected chi connectivity index (χ0v) is 13.7. The van der Waals surface area contributed by atoms with Gasteiger partial charge in [0.05, 0.1) is 0 Å². The van der Waals surface area contributed by atoms with Gasteiger partial charge in [0.25, 0.3) is 11.8 Å². The van der Waals surface area contributed by atoms with Crippen LogP contribution in [0.4, 0.5) is 4.79 Å². The number of carbonyl (C=O) groups excluding carboxylic acids is 3. The Labute approximate surface area is 140 Å². The van der Waals surface area contributed by atoms with Crippen molar-refractivity contribution in [1.29, 1.82) is 0 Å². The van der Waals surface area contributed by atoms with Crippen molar-refractivity contribution in [3.05, 3.63) is 35.4 Å². The van der Waals surface area contributed by atoms with E-state index in [1.54, 1.807) is 31.2 Å². The molecule has 2 aliphatic rings. The molecule has 2 saturated heterocycles. The molecule has 24 heavy (non-hydrogen) atoms. The first-order chi connectivity index (χ1) is 11.5. The van der Waals surface area contributed by atoms with Gasteiger partial charge < -0.3 is 16.0 Å². The van der Waals surface area contributed by atoms with Crippen molar-refractivity contribution in [3.63, 3.8) is 0 Å². The van der Waals surface area contributed by atoms with Crippen LogP contribution in [0.3, 0.4) is 0 Å². The summed E-state index contributed by atoms with van der Waals surface area (Å²) in [7, 11) is 0. The predicted molar refractivity (Wildman–Crippen MR) is 88.2 cm³/mol. The molecule has 4 amide bonds. The smallest absolute Gasteiger partial charge is 0.322 e. The SMILES string of the molecule is CC1(c2ccc(C(=O)N3CCCCC3CN)cc2)NC(=O)NC1=O. The van der Waals surface area contributed by atoms with Crippen molar-refractivity contribution in [2.45, 2.75) is 37.8 Å². The number of nitrogens with one attached hydrogen (secondary N) is 2. The summed E-state index contributed by atoms with van der Waals surface area (Å²) in [6, 6.07) is 6.39. The molecule has 7 nitrogen and oxygen atoms in total. The molecule has 7 heteroatoms. The number of urea groups is 1. The molecule has 2 atom stereocenters. The second kappa shape index (κ2) is 6.24. The first kappa shape index (κ1) is 16.4. The average Bonchev–Trinajstić information content (AvgIpc) is 2.87. The summed E-state index contributed by atoms with van der Waals surface area (Å²) in [4.78, 5) is 37.9. The van der Waals surface area contributed by atoms with E-state index in [-0.39, 0.29) is 11.9 Å². The fourth-order valence-corrected chi connectivity index (χ4v) is 3.37. The normalized spacial score (nSPS) is 26.9. The number of rotatable bonds is 3. The van der Waals surface area contributed by atoms with E-state index in [0.29, 0.717) is 17.7 Å². The van der Waals surface area contributed by atoms with Crippen LogP contribution in [0, 0.1) is 0 Å². The van der Waals surface area contributed by atoms with Crippen molar-refractivity contribution >= 4 is 17.8 Å². The maximum Gasteiger partial charge on any atom is 0.322 e. The van der Waals surface area contributed by atoms with Gasteiger partial charge in [0, 0.05) is 24.7 Å². The Hall–Kier alpha value is -2.41. The third-order valence-corrected chi connectivity index (χ3v) is 4.91. The maximum atomic E-state index is 12.7. The zero-order chi connectivity index (χ0) is 17.3. The maximum absolute atomic E-state index is 12.7. The molecule has 0 saturated carbocycles. The number of hydrogen-bond acceptors (Lipinski definition) is 4. The number of likely N-dealkylation sites (tertiary alicyclic amines) is 1. The number of nitrogens with two attached hydrogens (primary N) is 1. The predicted octanol–water partition coefficient (Wildman–Crippen LogP) is 0.695. The van der Waals surface area contributed by atoms with Crippen molar-refractivity contribution in [2.75, 3.05) is 13.1 Å². The Morgan fingerprint density at radius 1 is 1.29 bits per heavy atom. The van der Waals surface area contributed by atoms with Gasteiger partial charge in [-0.25, -0.2) is 4.79 Å². The number of carbonyl (C=O) groups is 3. The quantitative estimate of drug-likeness (QED) is 0.709. The lowest BCUT2D eigenvalue weighted by atomic mass is 9.91. The lowest BCUT2D eigenvalue weighted by Crippen LogP contribution is -2.47. The lowest BCUT2D eigenvalue weighted by Gasteiger charge is -2.35. The number of amides is 4. The highest BCUT2D eigenvalue weighted by Gasteiger charge is 2.43. The summed E-state index contributed by atoms with van der Waals surface area (Å²) < 4.78 is 0. The van der Waals surface area contributed by atoms with Crippen LogP contribution in [0.1, 0.15) is 42.1 Å². The molecule has 3 rings (SSSR count). The van der Waals surface area contributed by atoms with E-state index < -0.39 is 17.5 Å². The summed E-state index contributed by atoms with van der Waals surface area (Å²) in [6.07, 6.45) is 3.02. The van der Waals surface area contributed by atoms with E-state index in [1.807, 2.05) is 4.90 Å². The third-order valence-electron chi connectivity index (χ3n) is 4.91. The zero-order valence-electron chi connectivity index (χ0n) is 13.7. The van der Waals surface area contributed by atoms with Crippen LogP contribution in [0.5, 0.6) is 0 Å². The van der Waals surface area contributed by atoms with Crippen molar-refractivity contribution in [3.8, 4) is 0 Å². The highest BCUT2D eigenvalue weighted by atomic mass is 16.2. The molecular weight excluding hydrogens is 308 g/mol. The van der Waals surface area contributed by atoms with Crippen LogP contribution in [-0.4, -0.2) is 41.9 Å². The minimum Gasteiger partial charge on any atom is -0.334 e. The van der Waals surface area contributed by atoms with Crippen LogP contribution in [0.15, 0.2) is 24.3 Å². The molecule has 128 valence electrons. The minimum atomic E-state index is -1.11. The molecule has 0 aromatic heterocycles. The van der Waals surface area contributed by atoms with Gasteiger partial charge in [0.1, 0.15) is 5.54 Å². The van der Waals surface area contributed by atoms with Gasteiger partial charge in [0.15, 0.2) is 0 Å². The number of benzene rings is 1. The van der Waals surface area contributed by atoms with Crippen molar-refractivity contribution in [1.82, 2.24) is 15.5 Å². The molecule has 2 heterocycles. The van der Waals surface area contributed by atoms with Gasteiger partial charge in [-0.05, 0) is 43.9 Å². The van der Waals surface area contributed by atoms with Crippen molar-refractivity contribution in [2.24, 2.45) is 5.73 Å². The molecule has 1 aromatic carbocycles. The van der Waals surface area contributed by atoms with Gasteiger partial charge >= 0.3 is 6.03 Å². The number of imide groups is 1. The molecule has 0 bridgehead atoms. The number of piperidine rings is 1. The second-order valence-corrected chi connectivity index (χ2v) is 6.49. The Morgan fingerprint density at radius 2 is 2.00 bits per heavy atom. The van der Waals surface area contributed by atoms with Gasteiger partial charge in [-0.3, -0.25) is 14.9 Å². The minimum absolute atomic E-state index is 0.0400. The summed E-state index contributed by atoms with van der Waals surface area (Å²) >= 11 is 0. The molecule has 2 unspecified atom stereocenters. The first-order valence-corrected chi connectivity index (χ1v) is 8.21. The summed E-state index contributed by atoms with van der Waals surface area (Å²) in [6.45, 7) is 2.83. The molecule has 0 aliphatic carbocycles. The summed E-state index contributed by atoms with van der Waals surface area (Å²) in [5, 5.41) is 4.84. The number of hydrogen-bond donors (Lipinski definition) is 3. The topological polar surface area (TPSA) is 105 Å². The van der Waals surface area contributed by atoms with Gasteiger partial charge in [-0.2, -0.15) is 0 Å². The summed E-state index contributed by atoms with van der Waals surface area (Å²) in [5.74, 6) is -0.437. The van der Waals surface area contributed by atoms with E-state index in [1.165, 1.54) is 0 Å². The van der Waals surface area contributed by atoms with Crippen molar-refractivity contribution < 1.29 is 14.4 Å². The molecule has 0 radical (unpaired) electrons. The van der Waals surface area contributed by atoms with Crippen LogP contribution in [0.2, 0.25) is 0 Å². The third kappa shape index (κ3) is 2.75. The largest absolute Gasteiger partial charge is 0.334 e. The Morgan fingerprint density at radius 3 is 2.58 bits per heavy atom. The van der Waals surface area contributed by atoms with Crippen LogP contribution < -0.4 is 16.4 Å². The first-order valence-electron chi connectivity index (χ1n) is 8.21. The fraction of sp³-hybridized carbons (Fsp3) is 0.471. The lowest BCUT2D eigenvalue weighted by molar-refractivity contribution is -0.123. The van der Waals surface area contributed by atoms with Gasteiger partial charge in [-0.1, -0.05) is 12.1 Å². The van der Waals surface area contributed by atoms with Crippen LogP contribution in [-0.2, 0) is 10.3 Å². The van der Waals surface area contributed by atoms with E-state index in [4.69, 9.17) is 5.73 Å². The highest BCUT2D eigenvalue weighted by molar-refractivity contribution is 6.07. The van der Waals surface area contributed by atoms with E-state index in [9.17, 15) is 14.4 Å². The van der Waals surface area contributed by atoms with Crippen LogP contribution >= 0.6 is 0 Å². The molecule has 2 aliphatic heterocycles. The second-order valence-electron chi connectivity index (χ2n) is 6.49. The molecular formula is C17H22N4O3. The van der Waals surface area contributed by atoms with E-state index >= 15 is 0 Å². The van der Waals surface area contributed by atoms with Gasteiger partial charge in [0.2, 0.25) is 0 Å². The average molecular weight is 330 g/mol. The van der Waals surface area contributed by atoms with Gasteiger partial charge in [-0.15, -0.1) is 0 Å². The fourth-order valence-electron chi connectivity index (χ4n) is 3.37. The summed E-state index contributed by atoms with van der Waals surface area (Å²) in [5.41, 5.74) is 5.87.